The van der Waals surface area contributed by atoms with E-state index in [0.717, 1.165) is 35.5 Å². The maximum atomic E-state index is 11.7. The summed E-state index contributed by atoms with van der Waals surface area (Å²) < 4.78 is 11.9. The summed E-state index contributed by atoms with van der Waals surface area (Å²) in [6.07, 6.45) is 3.05. The number of carbonyl (C=O) groups excluding carboxylic acids is 1. The summed E-state index contributed by atoms with van der Waals surface area (Å²) in [6, 6.07) is 16.1. The van der Waals surface area contributed by atoms with Gasteiger partial charge in [0.1, 0.15) is 6.10 Å². The fourth-order valence-corrected chi connectivity index (χ4v) is 3.17. The molecule has 1 aliphatic heterocycles. The number of methoxy groups -OCH3 is 1. The maximum Gasteiger partial charge on any atom is 0.245 e. The van der Waals surface area contributed by atoms with Crippen LogP contribution < -0.4 is 9.47 Å². The first-order chi connectivity index (χ1) is 12.2. The number of carbonyl (C=O) groups is 1. The van der Waals surface area contributed by atoms with E-state index < -0.39 is 0 Å². The van der Waals surface area contributed by atoms with Crippen LogP contribution in [0.1, 0.15) is 12.8 Å². The summed E-state index contributed by atoms with van der Waals surface area (Å²) in [5.41, 5.74) is 2.11. The molecule has 130 valence electrons. The standard InChI is InChI=1S/C21H23NO3/c1-3-20(23)22-14-12-17(13-15-22)25-19-11-7-10-18(21(19)24-2)16-8-5-4-6-9-16/h3-11,17H,1,12-15H2,2H3. The average Bonchev–Trinajstić information content (AvgIpc) is 2.68. The van der Waals surface area contributed by atoms with E-state index in [1.54, 1.807) is 7.11 Å². The molecule has 0 bridgehead atoms. The molecule has 1 fully saturated rings. The van der Waals surface area contributed by atoms with Gasteiger partial charge in [-0.1, -0.05) is 49.0 Å². The molecule has 4 heteroatoms. The monoisotopic (exact) mass is 337 g/mol. The molecule has 0 radical (unpaired) electrons. The van der Waals surface area contributed by atoms with Crippen LogP contribution in [0.15, 0.2) is 61.2 Å². The third-order valence-electron chi connectivity index (χ3n) is 4.49. The van der Waals surface area contributed by atoms with Gasteiger partial charge in [-0.15, -0.1) is 0 Å². The summed E-state index contributed by atoms with van der Waals surface area (Å²) in [6.45, 7) is 4.93. The van der Waals surface area contributed by atoms with Gasteiger partial charge in [0.05, 0.1) is 7.11 Å². The molecule has 25 heavy (non-hydrogen) atoms. The Hall–Kier alpha value is -2.75. The first kappa shape index (κ1) is 17.1. The number of rotatable bonds is 5. The van der Waals surface area contributed by atoms with E-state index in [2.05, 4.69) is 18.7 Å². The second-order valence-corrected chi connectivity index (χ2v) is 6.05. The fraction of sp³-hybridized carbons (Fsp3) is 0.286. The van der Waals surface area contributed by atoms with Gasteiger partial charge < -0.3 is 14.4 Å². The maximum absolute atomic E-state index is 11.7. The Balaban J connectivity index is 1.75. The van der Waals surface area contributed by atoms with Crippen molar-refractivity contribution < 1.29 is 14.3 Å². The van der Waals surface area contributed by atoms with Gasteiger partial charge in [0.25, 0.3) is 0 Å². The van der Waals surface area contributed by atoms with Crippen molar-refractivity contribution in [3.05, 3.63) is 61.2 Å². The number of likely N-dealkylation sites (tertiary alicyclic amines) is 1. The lowest BCUT2D eigenvalue weighted by molar-refractivity contribution is -0.127. The van der Waals surface area contributed by atoms with Gasteiger partial charge in [0.2, 0.25) is 5.91 Å². The van der Waals surface area contributed by atoms with Gasteiger partial charge in [-0.3, -0.25) is 4.79 Å². The zero-order chi connectivity index (χ0) is 17.6. The van der Waals surface area contributed by atoms with Crippen molar-refractivity contribution in [2.24, 2.45) is 0 Å². The van der Waals surface area contributed by atoms with Crippen molar-refractivity contribution in [2.75, 3.05) is 20.2 Å². The van der Waals surface area contributed by atoms with Crippen LogP contribution in [-0.2, 0) is 4.79 Å². The van der Waals surface area contributed by atoms with Crippen LogP contribution in [0.5, 0.6) is 11.5 Å². The molecule has 1 heterocycles. The third kappa shape index (κ3) is 3.85. The fourth-order valence-electron chi connectivity index (χ4n) is 3.17. The van der Waals surface area contributed by atoms with E-state index in [1.807, 2.05) is 41.3 Å². The van der Waals surface area contributed by atoms with Crippen LogP contribution in [0.3, 0.4) is 0 Å². The van der Waals surface area contributed by atoms with Gasteiger partial charge in [0.15, 0.2) is 11.5 Å². The molecule has 1 aliphatic rings. The zero-order valence-electron chi connectivity index (χ0n) is 14.5. The Kier molecular flexibility index (Phi) is 5.39. The topological polar surface area (TPSA) is 38.8 Å². The molecule has 0 atom stereocenters. The minimum absolute atomic E-state index is 0.0119. The van der Waals surface area contributed by atoms with Crippen molar-refractivity contribution in [1.82, 2.24) is 4.90 Å². The molecule has 0 aromatic heterocycles. The second kappa shape index (κ2) is 7.88. The highest BCUT2D eigenvalue weighted by atomic mass is 16.5. The highest BCUT2D eigenvalue weighted by molar-refractivity contribution is 5.87. The highest BCUT2D eigenvalue weighted by Gasteiger charge is 2.24. The first-order valence-corrected chi connectivity index (χ1v) is 8.53. The number of benzene rings is 2. The van der Waals surface area contributed by atoms with Gasteiger partial charge in [-0.2, -0.15) is 0 Å². The van der Waals surface area contributed by atoms with E-state index in [9.17, 15) is 4.79 Å². The molecule has 2 aromatic carbocycles. The van der Waals surface area contributed by atoms with Crippen molar-refractivity contribution in [1.29, 1.82) is 0 Å². The van der Waals surface area contributed by atoms with E-state index in [1.165, 1.54) is 6.08 Å². The number of nitrogens with zero attached hydrogens (tertiary/aromatic N) is 1. The van der Waals surface area contributed by atoms with Crippen molar-refractivity contribution in [3.63, 3.8) is 0 Å². The molecule has 4 nitrogen and oxygen atoms in total. The van der Waals surface area contributed by atoms with E-state index in [-0.39, 0.29) is 12.0 Å². The minimum Gasteiger partial charge on any atom is -0.492 e. The lowest BCUT2D eigenvalue weighted by Crippen LogP contribution is -2.41. The van der Waals surface area contributed by atoms with Crippen LogP contribution in [0.25, 0.3) is 11.1 Å². The summed E-state index contributed by atoms with van der Waals surface area (Å²) >= 11 is 0. The lowest BCUT2D eigenvalue weighted by atomic mass is 10.0. The van der Waals surface area contributed by atoms with Crippen LogP contribution in [0, 0.1) is 0 Å². The van der Waals surface area contributed by atoms with Gasteiger partial charge in [0, 0.05) is 31.5 Å². The van der Waals surface area contributed by atoms with E-state index in [4.69, 9.17) is 9.47 Å². The summed E-state index contributed by atoms with van der Waals surface area (Å²) in [7, 11) is 1.67. The number of hydrogen-bond donors (Lipinski definition) is 0. The Morgan fingerprint density at radius 3 is 2.48 bits per heavy atom. The number of amides is 1. The van der Waals surface area contributed by atoms with Crippen molar-refractivity contribution >= 4 is 5.91 Å². The normalized spacial score (nSPS) is 14.8. The molecular weight excluding hydrogens is 314 g/mol. The minimum atomic E-state index is -0.0119. The number of piperidine rings is 1. The molecule has 2 aromatic rings. The summed E-state index contributed by atoms with van der Waals surface area (Å²) in [5, 5.41) is 0. The molecule has 0 N–H and O–H groups in total. The Labute approximate surface area is 148 Å². The smallest absolute Gasteiger partial charge is 0.245 e. The van der Waals surface area contributed by atoms with Gasteiger partial charge in [-0.05, 0) is 17.7 Å². The quantitative estimate of drug-likeness (QED) is 0.776. The van der Waals surface area contributed by atoms with Gasteiger partial charge >= 0.3 is 0 Å². The summed E-state index contributed by atoms with van der Waals surface area (Å²) in [4.78, 5) is 13.5. The third-order valence-corrected chi connectivity index (χ3v) is 4.49. The average molecular weight is 337 g/mol. The van der Waals surface area contributed by atoms with Crippen molar-refractivity contribution in [2.45, 2.75) is 18.9 Å². The predicted molar refractivity (Wildman–Crippen MR) is 98.9 cm³/mol. The number of hydrogen-bond acceptors (Lipinski definition) is 3. The molecule has 0 saturated carbocycles. The largest absolute Gasteiger partial charge is 0.492 e. The van der Waals surface area contributed by atoms with Crippen LogP contribution in [0.2, 0.25) is 0 Å². The van der Waals surface area contributed by atoms with E-state index >= 15 is 0 Å². The molecule has 1 amide bonds. The van der Waals surface area contributed by atoms with Crippen LogP contribution in [-0.4, -0.2) is 37.1 Å². The first-order valence-electron chi connectivity index (χ1n) is 8.53. The molecule has 0 spiro atoms. The van der Waals surface area contributed by atoms with Crippen LogP contribution >= 0.6 is 0 Å². The predicted octanol–water partition coefficient (Wildman–Crippen LogP) is 3.92. The Bertz CT molecular complexity index is 734. The molecular formula is C21H23NO3. The lowest BCUT2D eigenvalue weighted by Gasteiger charge is -2.32. The second-order valence-electron chi connectivity index (χ2n) is 6.05. The Morgan fingerprint density at radius 2 is 1.84 bits per heavy atom. The van der Waals surface area contributed by atoms with Crippen LogP contribution in [0.4, 0.5) is 0 Å². The number of ether oxygens (including phenoxy) is 2. The highest BCUT2D eigenvalue weighted by Crippen LogP contribution is 2.38. The van der Waals surface area contributed by atoms with E-state index in [0.29, 0.717) is 13.1 Å². The SMILES string of the molecule is C=CC(=O)N1CCC(Oc2cccc(-c3ccccc3)c2OC)CC1. The number of para-hydroxylation sites is 1. The Morgan fingerprint density at radius 1 is 1.12 bits per heavy atom. The molecule has 0 unspecified atom stereocenters. The summed E-state index contributed by atoms with van der Waals surface area (Å²) in [5.74, 6) is 1.48. The molecule has 3 rings (SSSR count). The molecule has 1 saturated heterocycles. The molecule has 0 aliphatic carbocycles. The van der Waals surface area contributed by atoms with Gasteiger partial charge in [-0.25, -0.2) is 0 Å². The van der Waals surface area contributed by atoms with Crippen molar-refractivity contribution in [3.8, 4) is 22.6 Å². The zero-order valence-corrected chi connectivity index (χ0v) is 14.5.